The van der Waals surface area contributed by atoms with Gasteiger partial charge in [0.1, 0.15) is 0 Å². The molecule has 0 amide bonds. The Balaban J connectivity index is 2.48. The van der Waals surface area contributed by atoms with E-state index in [4.69, 9.17) is 0 Å². The molecule has 0 aromatic rings. The van der Waals surface area contributed by atoms with Gasteiger partial charge in [-0.25, -0.2) is 12.7 Å². The van der Waals surface area contributed by atoms with E-state index in [9.17, 15) is 8.42 Å². The Labute approximate surface area is 92.4 Å². The Hall–Kier alpha value is -0.390. The lowest BCUT2D eigenvalue weighted by molar-refractivity contribution is 0.451. The van der Waals surface area contributed by atoms with E-state index in [1.165, 1.54) is 0 Å². The number of rotatable bonds is 6. The molecule has 1 fully saturated rings. The van der Waals surface area contributed by atoms with Crippen molar-refractivity contribution < 1.29 is 8.42 Å². The van der Waals surface area contributed by atoms with Crippen LogP contribution in [0.25, 0.3) is 0 Å². The highest BCUT2D eigenvalue weighted by atomic mass is 32.2. The Morgan fingerprint density at radius 2 is 2.33 bits per heavy atom. The molecule has 0 radical (unpaired) electrons. The molecule has 0 saturated carbocycles. The topological polar surface area (TPSA) is 49.4 Å². The number of nitrogens with one attached hydrogen (secondary N) is 1. The van der Waals surface area contributed by atoms with Gasteiger partial charge < -0.3 is 5.32 Å². The predicted octanol–water partition coefficient (Wildman–Crippen LogP) is 0.434. The lowest BCUT2D eigenvalue weighted by Crippen LogP contribution is -2.32. The molecule has 0 aromatic heterocycles. The van der Waals surface area contributed by atoms with Gasteiger partial charge in [0.15, 0.2) is 0 Å². The lowest BCUT2D eigenvalue weighted by atomic mass is 10.1. The molecule has 15 heavy (non-hydrogen) atoms. The Bertz CT molecular complexity index is 301. The van der Waals surface area contributed by atoms with E-state index in [0.29, 0.717) is 25.4 Å². The van der Waals surface area contributed by atoms with Crippen LogP contribution in [0.5, 0.6) is 0 Å². The van der Waals surface area contributed by atoms with Gasteiger partial charge in [0.2, 0.25) is 10.0 Å². The van der Waals surface area contributed by atoms with Crippen LogP contribution in [-0.4, -0.2) is 45.2 Å². The second-order valence-corrected chi connectivity index (χ2v) is 6.05. The summed E-state index contributed by atoms with van der Waals surface area (Å²) in [7, 11) is -1.14. The maximum Gasteiger partial charge on any atom is 0.214 e. The zero-order valence-electron chi connectivity index (χ0n) is 9.28. The Morgan fingerprint density at radius 1 is 1.60 bits per heavy atom. The second kappa shape index (κ2) is 5.63. The zero-order chi connectivity index (χ0) is 11.3. The number of sulfonamides is 1. The van der Waals surface area contributed by atoms with Crippen LogP contribution in [0, 0.1) is 5.92 Å². The molecular weight excluding hydrogens is 212 g/mol. The fourth-order valence-electron chi connectivity index (χ4n) is 1.87. The predicted molar refractivity (Wildman–Crippen MR) is 62.2 cm³/mol. The van der Waals surface area contributed by atoms with Crippen LogP contribution < -0.4 is 5.32 Å². The van der Waals surface area contributed by atoms with Crippen LogP contribution in [0.3, 0.4) is 0 Å². The fraction of sp³-hybridized carbons (Fsp3) is 0.800. The highest BCUT2D eigenvalue weighted by Crippen LogP contribution is 2.19. The average molecular weight is 232 g/mol. The summed E-state index contributed by atoms with van der Waals surface area (Å²) in [5.41, 5.74) is 0. The first kappa shape index (κ1) is 12.7. The minimum absolute atomic E-state index is 0.197. The summed E-state index contributed by atoms with van der Waals surface area (Å²) >= 11 is 0. The summed E-state index contributed by atoms with van der Waals surface area (Å²) in [5, 5.41) is 3.09. The van der Waals surface area contributed by atoms with E-state index < -0.39 is 10.0 Å². The van der Waals surface area contributed by atoms with E-state index in [-0.39, 0.29) is 5.75 Å². The molecule has 1 saturated heterocycles. The van der Waals surface area contributed by atoms with Gasteiger partial charge in [0.25, 0.3) is 0 Å². The molecule has 1 aliphatic rings. The largest absolute Gasteiger partial charge is 0.319 e. The summed E-state index contributed by atoms with van der Waals surface area (Å²) in [4.78, 5) is 0. The van der Waals surface area contributed by atoms with Crippen molar-refractivity contribution in [2.75, 3.05) is 32.4 Å². The summed E-state index contributed by atoms with van der Waals surface area (Å²) in [6.45, 7) is 5.78. The third-order valence-corrected chi connectivity index (χ3v) is 4.58. The van der Waals surface area contributed by atoms with Gasteiger partial charge in [0.05, 0.1) is 5.75 Å². The molecule has 4 nitrogen and oxygen atoms in total. The first-order chi connectivity index (χ1) is 7.10. The maximum absolute atomic E-state index is 11.8. The molecule has 1 aliphatic heterocycles. The fourth-order valence-corrected chi connectivity index (χ4v) is 3.41. The summed E-state index contributed by atoms with van der Waals surface area (Å²) in [5.74, 6) is 0.663. The molecule has 1 heterocycles. The monoisotopic (exact) mass is 232 g/mol. The Kier molecular flexibility index (Phi) is 4.76. The SMILES string of the molecule is C=CCCS(=O)(=O)N1CCC(CNC)C1. The summed E-state index contributed by atoms with van der Waals surface area (Å²) < 4.78 is 25.2. The average Bonchev–Trinajstić information content (AvgIpc) is 2.65. The molecule has 1 rings (SSSR count). The van der Waals surface area contributed by atoms with Crippen LogP contribution in [-0.2, 0) is 10.0 Å². The first-order valence-electron chi connectivity index (χ1n) is 5.33. The summed E-state index contributed by atoms with van der Waals surface area (Å²) in [6, 6.07) is 0. The number of allylic oxidation sites excluding steroid dienone is 1. The van der Waals surface area contributed by atoms with E-state index in [1.807, 2.05) is 7.05 Å². The number of hydrogen-bond acceptors (Lipinski definition) is 3. The lowest BCUT2D eigenvalue weighted by Gasteiger charge is -2.15. The van der Waals surface area contributed by atoms with E-state index >= 15 is 0 Å². The quantitative estimate of drug-likeness (QED) is 0.676. The van der Waals surface area contributed by atoms with Crippen LogP contribution in [0.15, 0.2) is 12.7 Å². The smallest absolute Gasteiger partial charge is 0.214 e. The minimum atomic E-state index is -3.04. The molecular formula is C10H20N2O2S. The van der Waals surface area contributed by atoms with Gasteiger partial charge in [0, 0.05) is 13.1 Å². The molecule has 1 unspecified atom stereocenters. The molecule has 5 heteroatoms. The van der Waals surface area contributed by atoms with Crippen molar-refractivity contribution in [1.29, 1.82) is 0 Å². The third-order valence-electron chi connectivity index (χ3n) is 2.71. The minimum Gasteiger partial charge on any atom is -0.319 e. The van der Waals surface area contributed by atoms with E-state index in [1.54, 1.807) is 10.4 Å². The first-order valence-corrected chi connectivity index (χ1v) is 6.94. The molecule has 88 valence electrons. The van der Waals surface area contributed by atoms with Crippen molar-refractivity contribution in [3.05, 3.63) is 12.7 Å². The van der Waals surface area contributed by atoms with Crippen molar-refractivity contribution in [1.82, 2.24) is 9.62 Å². The molecule has 0 aromatic carbocycles. The van der Waals surface area contributed by atoms with Gasteiger partial charge in [-0.15, -0.1) is 6.58 Å². The third kappa shape index (κ3) is 3.59. The van der Waals surface area contributed by atoms with Gasteiger partial charge in [-0.3, -0.25) is 0 Å². The highest BCUT2D eigenvalue weighted by molar-refractivity contribution is 7.89. The van der Waals surface area contributed by atoms with Crippen LogP contribution in [0.2, 0.25) is 0 Å². The van der Waals surface area contributed by atoms with Crippen LogP contribution >= 0.6 is 0 Å². The van der Waals surface area contributed by atoms with Gasteiger partial charge in [-0.2, -0.15) is 0 Å². The molecule has 0 spiro atoms. The molecule has 0 aliphatic carbocycles. The standard InChI is InChI=1S/C10H20N2O2S/c1-3-4-7-15(13,14)12-6-5-10(9-12)8-11-2/h3,10-11H,1,4-9H2,2H3. The second-order valence-electron chi connectivity index (χ2n) is 3.96. The van der Waals surface area contributed by atoms with Crippen molar-refractivity contribution >= 4 is 10.0 Å². The molecule has 1 atom stereocenters. The number of hydrogen-bond donors (Lipinski definition) is 1. The van der Waals surface area contributed by atoms with Crippen molar-refractivity contribution in [3.63, 3.8) is 0 Å². The van der Waals surface area contributed by atoms with Gasteiger partial charge >= 0.3 is 0 Å². The van der Waals surface area contributed by atoms with Crippen molar-refractivity contribution in [2.45, 2.75) is 12.8 Å². The Morgan fingerprint density at radius 3 is 2.93 bits per heavy atom. The normalized spacial score (nSPS) is 23.1. The van der Waals surface area contributed by atoms with E-state index in [2.05, 4.69) is 11.9 Å². The molecule has 0 bridgehead atoms. The summed E-state index contributed by atoms with van der Waals surface area (Å²) in [6.07, 6.45) is 3.16. The van der Waals surface area contributed by atoms with Gasteiger partial charge in [-0.1, -0.05) is 6.08 Å². The van der Waals surface area contributed by atoms with Gasteiger partial charge in [-0.05, 0) is 32.4 Å². The maximum atomic E-state index is 11.8. The zero-order valence-corrected chi connectivity index (χ0v) is 10.1. The molecule has 1 N–H and O–H groups in total. The van der Waals surface area contributed by atoms with Crippen LogP contribution in [0.1, 0.15) is 12.8 Å². The van der Waals surface area contributed by atoms with Crippen molar-refractivity contribution in [2.24, 2.45) is 5.92 Å². The number of nitrogens with zero attached hydrogens (tertiary/aromatic N) is 1. The van der Waals surface area contributed by atoms with Crippen LogP contribution in [0.4, 0.5) is 0 Å². The van der Waals surface area contributed by atoms with Crippen molar-refractivity contribution in [3.8, 4) is 0 Å². The van der Waals surface area contributed by atoms with E-state index in [0.717, 1.165) is 13.0 Å². The highest BCUT2D eigenvalue weighted by Gasteiger charge is 2.30.